The Labute approximate surface area is 148 Å². The second-order valence-corrected chi connectivity index (χ2v) is 7.04. The lowest BCUT2D eigenvalue weighted by Crippen LogP contribution is -2.43. The molecule has 0 unspecified atom stereocenters. The van der Waals surface area contributed by atoms with Gasteiger partial charge in [-0.1, -0.05) is 44.2 Å². The molecule has 1 saturated heterocycles. The smallest absolute Gasteiger partial charge is 0.267 e. The van der Waals surface area contributed by atoms with Gasteiger partial charge >= 0.3 is 0 Å². The average molecular weight is 339 g/mol. The van der Waals surface area contributed by atoms with Crippen molar-refractivity contribution in [2.24, 2.45) is 5.92 Å². The number of likely N-dealkylation sites (tertiary alicyclic amines) is 1. The number of amides is 1. The highest BCUT2D eigenvalue weighted by atomic mass is 16.2. The van der Waals surface area contributed by atoms with Gasteiger partial charge in [0, 0.05) is 30.6 Å². The van der Waals surface area contributed by atoms with Crippen LogP contribution in [-0.4, -0.2) is 33.7 Å². The predicted molar refractivity (Wildman–Crippen MR) is 98.4 cm³/mol. The molecule has 0 bridgehead atoms. The third-order valence-corrected chi connectivity index (χ3v) is 4.81. The molecule has 0 atom stereocenters. The van der Waals surface area contributed by atoms with Gasteiger partial charge in [0.25, 0.3) is 5.56 Å². The van der Waals surface area contributed by atoms with Crippen molar-refractivity contribution in [3.8, 4) is 11.3 Å². The first-order chi connectivity index (χ1) is 12.0. The van der Waals surface area contributed by atoms with Crippen LogP contribution >= 0.6 is 0 Å². The highest BCUT2D eigenvalue weighted by molar-refractivity contribution is 5.78. The molecule has 0 radical (unpaired) electrons. The number of piperidine rings is 1. The normalized spacial score (nSPS) is 15.6. The Morgan fingerprint density at radius 2 is 1.80 bits per heavy atom. The summed E-state index contributed by atoms with van der Waals surface area (Å²) in [5, 5.41) is 4.67. The van der Waals surface area contributed by atoms with Gasteiger partial charge in [-0.2, -0.15) is 5.10 Å². The fourth-order valence-electron chi connectivity index (χ4n) is 3.39. The second-order valence-electron chi connectivity index (χ2n) is 7.04. The lowest BCUT2D eigenvalue weighted by Gasteiger charge is -2.33. The van der Waals surface area contributed by atoms with E-state index in [1.54, 1.807) is 10.7 Å². The van der Waals surface area contributed by atoms with Crippen LogP contribution in [0.25, 0.3) is 11.3 Å². The zero-order valence-corrected chi connectivity index (χ0v) is 15.1. The van der Waals surface area contributed by atoms with Gasteiger partial charge in [-0.3, -0.25) is 9.59 Å². The average Bonchev–Trinajstić information content (AvgIpc) is 2.62. The minimum atomic E-state index is -0.0641. The van der Waals surface area contributed by atoms with E-state index < -0.39 is 0 Å². The Bertz CT molecular complexity index is 803. The van der Waals surface area contributed by atoms with E-state index >= 15 is 0 Å². The molecule has 2 heterocycles. The van der Waals surface area contributed by atoms with Crippen LogP contribution in [0.1, 0.15) is 38.3 Å². The first-order valence-electron chi connectivity index (χ1n) is 8.92. The molecule has 0 spiro atoms. The Kier molecular flexibility index (Phi) is 5.02. The molecule has 5 heteroatoms. The SMILES string of the molecule is Cc1cc(=O)n(C2CCN(C(=O)C(C)C)CC2)nc1-c1ccccc1. The summed E-state index contributed by atoms with van der Waals surface area (Å²) in [5.74, 6) is 0.203. The van der Waals surface area contributed by atoms with Crippen molar-refractivity contribution in [2.45, 2.75) is 39.7 Å². The van der Waals surface area contributed by atoms with Crippen LogP contribution in [0.2, 0.25) is 0 Å². The number of nitrogens with zero attached hydrogens (tertiary/aromatic N) is 3. The summed E-state index contributed by atoms with van der Waals surface area (Å²) in [7, 11) is 0. The third-order valence-electron chi connectivity index (χ3n) is 4.81. The fraction of sp³-hybridized carbons (Fsp3) is 0.450. The monoisotopic (exact) mass is 339 g/mol. The number of carbonyl (C=O) groups is 1. The lowest BCUT2D eigenvalue weighted by atomic mass is 10.0. The van der Waals surface area contributed by atoms with Crippen molar-refractivity contribution in [1.29, 1.82) is 0 Å². The van der Waals surface area contributed by atoms with Gasteiger partial charge in [0.15, 0.2) is 0 Å². The molecule has 1 aromatic carbocycles. The minimum absolute atomic E-state index is 0.0152. The summed E-state index contributed by atoms with van der Waals surface area (Å²) in [6, 6.07) is 11.6. The summed E-state index contributed by atoms with van der Waals surface area (Å²) in [6.07, 6.45) is 1.53. The van der Waals surface area contributed by atoms with Crippen LogP contribution in [0.15, 0.2) is 41.2 Å². The van der Waals surface area contributed by atoms with E-state index in [0.29, 0.717) is 13.1 Å². The molecule has 25 heavy (non-hydrogen) atoms. The van der Waals surface area contributed by atoms with E-state index in [2.05, 4.69) is 5.10 Å². The van der Waals surface area contributed by atoms with Gasteiger partial charge < -0.3 is 4.90 Å². The number of aromatic nitrogens is 2. The summed E-state index contributed by atoms with van der Waals surface area (Å²) in [4.78, 5) is 26.5. The van der Waals surface area contributed by atoms with E-state index in [0.717, 1.165) is 29.7 Å². The topological polar surface area (TPSA) is 55.2 Å². The van der Waals surface area contributed by atoms with Gasteiger partial charge in [0.2, 0.25) is 5.91 Å². The molecule has 1 aliphatic rings. The highest BCUT2D eigenvalue weighted by Crippen LogP contribution is 2.24. The van der Waals surface area contributed by atoms with E-state index in [-0.39, 0.29) is 23.4 Å². The molecule has 1 fully saturated rings. The van der Waals surface area contributed by atoms with E-state index in [1.807, 2.05) is 56.0 Å². The quantitative estimate of drug-likeness (QED) is 0.864. The van der Waals surface area contributed by atoms with Gasteiger partial charge in [-0.05, 0) is 25.3 Å². The first kappa shape index (κ1) is 17.4. The Morgan fingerprint density at radius 1 is 1.16 bits per heavy atom. The number of hydrogen-bond acceptors (Lipinski definition) is 3. The Balaban J connectivity index is 1.84. The third kappa shape index (κ3) is 3.65. The molecular weight excluding hydrogens is 314 g/mol. The number of carbonyl (C=O) groups excluding carboxylic acids is 1. The molecule has 2 aromatic rings. The maximum Gasteiger partial charge on any atom is 0.267 e. The van der Waals surface area contributed by atoms with Crippen LogP contribution in [0.4, 0.5) is 0 Å². The molecular formula is C20H25N3O2. The molecule has 132 valence electrons. The van der Waals surface area contributed by atoms with Crippen molar-refractivity contribution in [1.82, 2.24) is 14.7 Å². The first-order valence-corrected chi connectivity index (χ1v) is 8.92. The number of benzene rings is 1. The number of hydrogen-bond donors (Lipinski definition) is 0. The van der Waals surface area contributed by atoms with Crippen molar-refractivity contribution in [3.05, 3.63) is 52.3 Å². The molecule has 1 aromatic heterocycles. The fourth-order valence-corrected chi connectivity index (χ4v) is 3.39. The summed E-state index contributed by atoms with van der Waals surface area (Å²) in [5.41, 5.74) is 2.69. The van der Waals surface area contributed by atoms with Crippen LogP contribution < -0.4 is 5.56 Å². The van der Waals surface area contributed by atoms with Crippen LogP contribution in [0.3, 0.4) is 0 Å². The molecule has 0 aliphatic carbocycles. The summed E-state index contributed by atoms with van der Waals surface area (Å²) in [6.45, 7) is 7.14. The van der Waals surface area contributed by atoms with Gasteiger partial charge in [-0.15, -0.1) is 0 Å². The van der Waals surface area contributed by atoms with Crippen LogP contribution in [0.5, 0.6) is 0 Å². The van der Waals surface area contributed by atoms with Crippen LogP contribution in [0, 0.1) is 12.8 Å². The molecule has 1 amide bonds. The highest BCUT2D eigenvalue weighted by Gasteiger charge is 2.26. The standard InChI is InChI=1S/C20H25N3O2/c1-14(2)20(25)22-11-9-17(10-12-22)23-18(24)13-15(3)19(21-23)16-7-5-4-6-8-16/h4-8,13-14,17H,9-12H2,1-3H3. The van der Waals surface area contributed by atoms with Crippen LogP contribution in [-0.2, 0) is 4.79 Å². The molecule has 5 nitrogen and oxygen atoms in total. The van der Waals surface area contributed by atoms with Gasteiger partial charge in [0.05, 0.1) is 11.7 Å². The summed E-state index contributed by atoms with van der Waals surface area (Å²) >= 11 is 0. The second kappa shape index (κ2) is 7.21. The number of aryl methyl sites for hydroxylation is 1. The molecule has 0 saturated carbocycles. The Morgan fingerprint density at radius 3 is 2.40 bits per heavy atom. The van der Waals surface area contributed by atoms with E-state index in [1.165, 1.54) is 0 Å². The summed E-state index contributed by atoms with van der Waals surface area (Å²) < 4.78 is 1.62. The molecule has 0 N–H and O–H groups in total. The van der Waals surface area contributed by atoms with Gasteiger partial charge in [0.1, 0.15) is 0 Å². The Hall–Kier alpha value is -2.43. The van der Waals surface area contributed by atoms with Crippen molar-refractivity contribution < 1.29 is 4.79 Å². The van der Waals surface area contributed by atoms with E-state index in [9.17, 15) is 9.59 Å². The molecule has 1 aliphatic heterocycles. The van der Waals surface area contributed by atoms with Crippen molar-refractivity contribution in [3.63, 3.8) is 0 Å². The minimum Gasteiger partial charge on any atom is -0.342 e. The van der Waals surface area contributed by atoms with Crippen molar-refractivity contribution >= 4 is 5.91 Å². The van der Waals surface area contributed by atoms with E-state index in [4.69, 9.17) is 0 Å². The maximum atomic E-state index is 12.5. The maximum absolute atomic E-state index is 12.5. The zero-order chi connectivity index (χ0) is 18.0. The predicted octanol–water partition coefficient (Wildman–Crippen LogP) is 3.04. The largest absolute Gasteiger partial charge is 0.342 e. The van der Waals surface area contributed by atoms with Gasteiger partial charge in [-0.25, -0.2) is 4.68 Å². The van der Waals surface area contributed by atoms with Crippen molar-refractivity contribution in [2.75, 3.05) is 13.1 Å². The molecule has 3 rings (SSSR count). The number of rotatable bonds is 3. The zero-order valence-electron chi connectivity index (χ0n) is 15.1. The lowest BCUT2D eigenvalue weighted by molar-refractivity contribution is -0.135.